The van der Waals surface area contributed by atoms with Crippen molar-refractivity contribution in [1.82, 2.24) is 10.3 Å². The molecule has 1 aromatic rings. The first kappa shape index (κ1) is 13.8. The third-order valence-electron chi connectivity index (χ3n) is 2.36. The van der Waals surface area contributed by atoms with Gasteiger partial charge in [0.25, 0.3) is 0 Å². The zero-order valence-electron chi connectivity index (χ0n) is 9.93. The molecule has 3 nitrogen and oxygen atoms in total. The number of ether oxygens (including phenoxy) is 1. The van der Waals surface area contributed by atoms with Crippen LogP contribution in [0.25, 0.3) is 0 Å². The smallest absolute Gasteiger partial charge is 0.422 e. The van der Waals surface area contributed by atoms with E-state index in [1.54, 1.807) is 20.0 Å². The summed E-state index contributed by atoms with van der Waals surface area (Å²) in [5, 5.41) is 3.02. The van der Waals surface area contributed by atoms with Crippen LogP contribution in [0.4, 0.5) is 13.2 Å². The fourth-order valence-electron chi connectivity index (χ4n) is 1.29. The lowest BCUT2D eigenvalue weighted by atomic mass is 10.1. The number of hydrogen-bond acceptors (Lipinski definition) is 3. The third-order valence-corrected chi connectivity index (χ3v) is 2.36. The fraction of sp³-hybridized carbons (Fsp3) is 0.545. The molecule has 1 rings (SSSR count). The van der Waals surface area contributed by atoms with Gasteiger partial charge in [0.15, 0.2) is 6.61 Å². The van der Waals surface area contributed by atoms with E-state index in [1.165, 1.54) is 6.20 Å². The van der Waals surface area contributed by atoms with Crippen molar-refractivity contribution >= 4 is 0 Å². The summed E-state index contributed by atoms with van der Waals surface area (Å²) in [5.41, 5.74) is 1.50. The molecule has 1 atom stereocenters. The maximum Gasteiger partial charge on any atom is 0.422 e. The molecule has 1 N–H and O–H groups in total. The molecule has 1 aromatic heterocycles. The Bertz CT molecular complexity index is 379. The van der Waals surface area contributed by atoms with Crippen LogP contribution in [0.2, 0.25) is 0 Å². The number of rotatable bonds is 4. The Labute approximate surface area is 98.0 Å². The standard InChI is InChI=1S/C11H15F3N2O/c1-7-4-9(8(2)15-3)5-16-10(7)17-6-11(12,13)14/h4-5,8,15H,6H2,1-3H3. The van der Waals surface area contributed by atoms with Crippen LogP contribution in [0.15, 0.2) is 12.3 Å². The fourth-order valence-corrected chi connectivity index (χ4v) is 1.29. The maximum atomic E-state index is 12.0. The average molecular weight is 248 g/mol. The van der Waals surface area contributed by atoms with Crippen molar-refractivity contribution in [2.75, 3.05) is 13.7 Å². The molecule has 1 heterocycles. The molecule has 0 aliphatic rings. The first-order valence-corrected chi connectivity index (χ1v) is 5.17. The first-order chi connectivity index (χ1) is 7.83. The van der Waals surface area contributed by atoms with Crippen LogP contribution < -0.4 is 10.1 Å². The summed E-state index contributed by atoms with van der Waals surface area (Å²) in [6.45, 7) is 2.29. The molecule has 0 amide bonds. The Morgan fingerprint density at radius 3 is 2.59 bits per heavy atom. The Balaban J connectivity index is 2.76. The molecule has 0 saturated heterocycles. The molecule has 17 heavy (non-hydrogen) atoms. The summed E-state index contributed by atoms with van der Waals surface area (Å²) in [6.07, 6.45) is -2.83. The van der Waals surface area contributed by atoms with Gasteiger partial charge in [-0.2, -0.15) is 13.2 Å². The molecule has 1 unspecified atom stereocenters. The summed E-state index contributed by atoms with van der Waals surface area (Å²) in [4.78, 5) is 3.89. The van der Waals surface area contributed by atoms with E-state index in [0.717, 1.165) is 5.56 Å². The van der Waals surface area contributed by atoms with Gasteiger partial charge in [-0.25, -0.2) is 4.98 Å². The Hall–Kier alpha value is -1.30. The summed E-state index contributed by atoms with van der Waals surface area (Å²) in [7, 11) is 1.80. The molecular weight excluding hydrogens is 233 g/mol. The number of nitrogens with one attached hydrogen (secondary N) is 1. The normalized spacial score (nSPS) is 13.5. The van der Waals surface area contributed by atoms with Crippen LogP contribution in [0.3, 0.4) is 0 Å². The zero-order chi connectivity index (χ0) is 13.1. The highest BCUT2D eigenvalue weighted by atomic mass is 19.4. The second kappa shape index (κ2) is 5.35. The van der Waals surface area contributed by atoms with E-state index in [-0.39, 0.29) is 11.9 Å². The van der Waals surface area contributed by atoms with Gasteiger partial charge >= 0.3 is 6.18 Å². The van der Waals surface area contributed by atoms with Gasteiger partial charge in [-0.1, -0.05) is 0 Å². The maximum absolute atomic E-state index is 12.0. The van der Waals surface area contributed by atoms with Crippen molar-refractivity contribution in [1.29, 1.82) is 0 Å². The van der Waals surface area contributed by atoms with Gasteiger partial charge in [0.1, 0.15) is 0 Å². The van der Waals surface area contributed by atoms with E-state index in [0.29, 0.717) is 5.56 Å². The first-order valence-electron chi connectivity index (χ1n) is 5.17. The highest BCUT2D eigenvalue weighted by Crippen LogP contribution is 2.22. The number of alkyl halides is 3. The van der Waals surface area contributed by atoms with Crippen LogP contribution in [-0.4, -0.2) is 24.8 Å². The summed E-state index contributed by atoms with van der Waals surface area (Å²) < 4.78 is 40.5. The number of hydrogen-bond donors (Lipinski definition) is 1. The molecule has 0 saturated carbocycles. The molecular formula is C11H15F3N2O. The second-order valence-electron chi connectivity index (χ2n) is 3.80. The minimum absolute atomic E-state index is 0.0226. The molecule has 96 valence electrons. The van der Waals surface area contributed by atoms with Gasteiger partial charge < -0.3 is 10.1 Å². The van der Waals surface area contributed by atoms with Gasteiger partial charge in [-0.05, 0) is 32.5 Å². The Morgan fingerprint density at radius 1 is 1.47 bits per heavy atom. The summed E-state index contributed by atoms with van der Waals surface area (Å²) >= 11 is 0. The van der Waals surface area contributed by atoms with E-state index < -0.39 is 12.8 Å². The molecule has 6 heteroatoms. The highest BCUT2D eigenvalue weighted by molar-refractivity contribution is 5.30. The zero-order valence-corrected chi connectivity index (χ0v) is 9.93. The number of aromatic nitrogens is 1. The number of nitrogens with zero attached hydrogens (tertiary/aromatic N) is 1. The summed E-state index contributed by atoms with van der Waals surface area (Å²) in [5.74, 6) is 0.0226. The minimum Gasteiger partial charge on any atom is -0.468 e. The molecule has 0 bridgehead atoms. The van der Waals surface area contributed by atoms with E-state index in [2.05, 4.69) is 15.0 Å². The third kappa shape index (κ3) is 4.22. The molecule has 0 fully saturated rings. The van der Waals surface area contributed by atoms with E-state index >= 15 is 0 Å². The monoisotopic (exact) mass is 248 g/mol. The average Bonchev–Trinajstić information content (AvgIpc) is 2.25. The SMILES string of the molecule is CNC(C)c1cnc(OCC(F)(F)F)c(C)c1. The molecule has 0 radical (unpaired) electrons. The Morgan fingerprint density at radius 2 is 2.12 bits per heavy atom. The van der Waals surface area contributed by atoms with Crippen LogP contribution in [0.1, 0.15) is 24.1 Å². The number of aryl methyl sites for hydroxylation is 1. The van der Waals surface area contributed by atoms with Crippen molar-refractivity contribution < 1.29 is 17.9 Å². The van der Waals surface area contributed by atoms with Crippen LogP contribution in [0, 0.1) is 6.92 Å². The van der Waals surface area contributed by atoms with Crippen LogP contribution in [0.5, 0.6) is 5.88 Å². The van der Waals surface area contributed by atoms with Crippen molar-refractivity contribution in [2.45, 2.75) is 26.1 Å². The lowest BCUT2D eigenvalue weighted by Crippen LogP contribution is -2.20. The number of pyridine rings is 1. The van der Waals surface area contributed by atoms with Crippen LogP contribution >= 0.6 is 0 Å². The van der Waals surface area contributed by atoms with Gasteiger partial charge in [-0.15, -0.1) is 0 Å². The van der Waals surface area contributed by atoms with Gasteiger partial charge in [-0.3, -0.25) is 0 Å². The minimum atomic E-state index is -4.34. The topological polar surface area (TPSA) is 34.2 Å². The van der Waals surface area contributed by atoms with Crippen molar-refractivity contribution in [3.8, 4) is 5.88 Å². The molecule has 0 spiro atoms. The lowest BCUT2D eigenvalue weighted by Gasteiger charge is -2.14. The van der Waals surface area contributed by atoms with E-state index in [4.69, 9.17) is 0 Å². The molecule has 0 aromatic carbocycles. The largest absolute Gasteiger partial charge is 0.468 e. The summed E-state index contributed by atoms with van der Waals surface area (Å²) in [6, 6.07) is 1.86. The van der Waals surface area contributed by atoms with Crippen molar-refractivity contribution in [3.05, 3.63) is 23.4 Å². The van der Waals surface area contributed by atoms with Gasteiger partial charge in [0.2, 0.25) is 5.88 Å². The van der Waals surface area contributed by atoms with E-state index in [1.807, 2.05) is 6.92 Å². The predicted octanol–water partition coefficient (Wildman–Crippen LogP) is 2.61. The highest BCUT2D eigenvalue weighted by Gasteiger charge is 2.29. The lowest BCUT2D eigenvalue weighted by molar-refractivity contribution is -0.154. The van der Waals surface area contributed by atoms with Gasteiger partial charge in [0.05, 0.1) is 0 Å². The van der Waals surface area contributed by atoms with Crippen molar-refractivity contribution in [2.24, 2.45) is 0 Å². The second-order valence-corrected chi connectivity index (χ2v) is 3.80. The number of halogens is 3. The predicted molar refractivity (Wildman–Crippen MR) is 58.0 cm³/mol. The Kier molecular flexibility index (Phi) is 4.34. The molecule has 0 aliphatic carbocycles. The molecule has 0 aliphatic heterocycles. The quantitative estimate of drug-likeness (QED) is 0.889. The van der Waals surface area contributed by atoms with Gasteiger partial charge in [0, 0.05) is 17.8 Å². The van der Waals surface area contributed by atoms with Crippen LogP contribution in [-0.2, 0) is 0 Å². The van der Waals surface area contributed by atoms with Crippen molar-refractivity contribution in [3.63, 3.8) is 0 Å². The van der Waals surface area contributed by atoms with E-state index in [9.17, 15) is 13.2 Å².